The van der Waals surface area contributed by atoms with Crippen LogP contribution in [-0.2, 0) is 4.89 Å². The molecule has 0 spiro atoms. The Balaban J connectivity index is 2.51. The third-order valence-electron chi connectivity index (χ3n) is 1.61. The molecule has 0 bridgehead atoms. The summed E-state index contributed by atoms with van der Waals surface area (Å²) in [6.07, 6.45) is 3.96. The standard InChI is InChI=1S/C9H6O3/c10-6-7-1-2-9-8(5-7)3-4-11-12-9/h1-6H. The molecule has 0 aliphatic carbocycles. The molecule has 12 heavy (non-hydrogen) atoms. The molecule has 1 aliphatic heterocycles. The zero-order valence-corrected chi connectivity index (χ0v) is 6.19. The lowest BCUT2D eigenvalue weighted by molar-refractivity contribution is -0.151. The van der Waals surface area contributed by atoms with Gasteiger partial charge in [-0.2, -0.15) is 0 Å². The van der Waals surface area contributed by atoms with Gasteiger partial charge in [-0.05, 0) is 24.3 Å². The number of hydrogen-bond acceptors (Lipinski definition) is 3. The molecule has 0 N–H and O–H groups in total. The minimum absolute atomic E-state index is 0.628. The van der Waals surface area contributed by atoms with Crippen molar-refractivity contribution in [1.82, 2.24) is 0 Å². The summed E-state index contributed by atoms with van der Waals surface area (Å²) in [7, 11) is 0. The Morgan fingerprint density at radius 3 is 3.08 bits per heavy atom. The zero-order valence-electron chi connectivity index (χ0n) is 6.19. The van der Waals surface area contributed by atoms with E-state index >= 15 is 0 Å². The van der Waals surface area contributed by atoms with Crippen LogP contribution in [0.15, 0.2) is 24.5 Å². The first-order chi connectivity index (χ1) is 5.90. The van der Waals surface area contributed by atoms with Gasteiger partial charge in [0.25, 0.3) is 0 Å². The fraction of sp³-hybridized carbons (Fsp3) is 0. The third-order valence-corrected chi connectivity index (χ3v) is 1.61. The first-order valence-electron chi connectivity index (χ1n) is 3.49. The van der Waals surface area contributed by atoms with Crippen molar-refractivity contribution in [2.75, 3.05) is 0 Å². The molecule has 0 fully saturated rings. The van der Waals surface area contributed by atoms with Crippen LogP contribution in [0.3, 0.4) is 0 Å². The van der Waals surface area contributed by atoms with Crippen LogP contribution in [0, 0.1) is 0 Å². The molecule has 3 nitrogen and oxygen atoms in total. The van der Waals surface area contributed by atoms with Crippen molar-refractivity contribution in [3.05, 3.63) is 35.6 Å². The fourth-order valence-electron chi connectivity index (χ4n) is 1.03. The minimum Gasteiger partial charge on any atom is -0.298 e. The molecule has 0 saturated heterocycles. The molecule has 0 atom stereocenters. The maximum absolute atomic E-state index is 10.4. The molecular formula is C9H6O3. The second kappa shape index (κ2) is 2.70. The maximum Gasteiger partial charge on any atom is 0.185 e. The van der Waals surface area contributed by atoms with Gasteiger partial charge >= 0.3 is 0 Å². The first-order valence-corrected chi connectivity index (χ1v) is 3.49. The zero-order chi connectivity index (χ0) is 8.39. The highest BCUT2D eigenvalue weighted by molar-refractivity contribution is 5.77. The van der Waals surface area contributed by atoms with Crippen LogP contribution in [0.1, 0.15) is 15.9 Å². The number of hydrogen-bond donors (Lipinski definition) is 0. The molecular weight excluding hydrogens is 156 g/mol. The summed E-state index contributed by atoms with van der Waals surface area (Å²) < 4.78 is 0. The quantitative estimate of drug-likeness (QED) is 0.466. The van der Waals surface area contributed by atoms with E-state index in [-0.39, 0.29) is 0 Å². The predicted octanol–water partition coefficient (Wildman–Crippen LogP) is 1.79. The van der Waals surface area contributed by atoms with Gasteiger partial charge in [0.1, 0.15) is 12.5 Å². The first kappa shape index (κ1) is 6.91. The summed E-state index contributed by atoms with van der Waals surface area (Å²) >= 11 is 0. The molecule has 1 aliphatic rings. The van der Waals surface area contributed by atoms with E-state index in [0.29, 0.717) is 11.3 Å². The lowest BCUT2D eigenvalue weighted by atomic mass is 10.1. The van der Waals surface area contributed by atoms with E-state index in [1.54, 1.807) is 24.3 Å². The molecule has 1 heterocycles. The van der Waals surface area contributed by atoms with Gasteiger partial charge in [0.2, 0.25) is 0 Å². The molecule has 3 heteroatoms. The lowest BCUT2D eigenvalue weighted by Crippen LogP contribution is -1.97. The van der Waals surface area contributed by atoms with Crippen LogP contribution in [0.5, 0.6) is 5.75 Å². The average molecular weight is 162 g/mol. The van der Waals surface area contributed by atoms with Crippen molar-refractivity contribution in [3.63, 3.8) is 0 Å². The fourth-order valence-corrected chi connectivity index (χ4v) is 1.03. The topological polar surface area (TPSA) is 35.5 Å². The third kappa shape index (κ3) is 1.05. The number of carbonyl (C=O) groups excluding carboxylic acids is 1. The number of carbonyl (C=O) groups is 1. The van der Waals surface area contributed by atoms with Crippen LogP contribution in [-0.4, -0.2) is 6.29 Å². The molecule has 0 amide bonds. The van der Waals surface area contributed by atoms with Gasteiger partial charge in [-0.15, -0.1) is 0 Å². The van der Waals surface area contributed by atoms with E-state index in [2.05, 4.69) is 4.89 Å². The van der Waals surface area contributed by atoms with Gasteiger partial charge in [-0.3, -0.25) is 14.6 Å². The van der Waals surface area contributed by atoms with Gasteiger partial charge in [0.05, 0.1) is 0 Å². The molecule has 0 unspecified atom stereocenters. The molecule has 0 saturated carbocycles. The normalized spacial score (nSPS) is 12.7. The van der Waals surface area contributed by atoms with Crippen LogP contribution in [0.25, 0.3) is 6.08 Å². The van der Waals surface area contributed by atoms with Crippen molar-refractivity contribution in [2.24, 2.45) is 0 Å². The molecule has 1 aromatic rings. The monoisotopic (exact) mass is 162 g/mol. The Morgan fingerprint density at radius 2 is 2.25 bits per heavy atom. The van der Waals surface area contributed by atoms with Crippen molar-refractivity contribution < 1.29 is 14.6 Å². The molecule has 2 rings (SSSR count). The summed E-state index contributed by atoms with van der Waals surface area (Å²) in [6.45, 7) is 0. The molecule has 0 aromatic heterocycles. The Kier molecular flexibility index (Phi) is 1.55. The largest absolute Gasteiger partial charge is 0.298 e. The molecule has 1 aromatic carbocycles. The van der Waals surface area contributed by atoms with E-state index in [1.165, 1.54) is 6.26 Å². The van der Waals surface area contributed by atoms with Gasteiger partial charge in [-0.25, -0.2) is 0 Å². The Bertz CT molecular complexity index is 342. The SMILES string of the molecule is O=Cc1ccc2c(c1)C=COO2. The Labute approximate surface area is 69.1 Å². The summed E-state index contributed by atoms with van der Waals surface area (Å²) in [5, 5.41) is 0. The van der Waals surface area contributed by atoms with Crippen molar-refractivity contribution in [2.45, 2.75) is 0 Å². The summed E-state index contributed by atoms with van der Waals surface area (Å²) in [5.74, 6) is 0.628. The number of benzene rings is 1. The molecule has 0 radical (unpaired) electrons. The molecule has 60 valence electrons. The summed E-state index contributed by atoms with van der Waals surface area (Å²) in [6, 6.07) is 5.11. The van der Waals surface area contributed by atoms with Crippen molar-refractivity contribution >= 4 is 12.4 Å². The highest BCUT2D eigenvalue weighted by atomic mass is 17.2. The number of aldehydes is 1. The van der Waals surface area contributed by atoms with Crippen molar-refractivity contribution in [3.8, 4) is 5.75 Å². The van der Waals surface area contributed by atoms with Crippen LogP contribution >= 0.6 is 0 Å². The highest BCUT2D eigenvalue weighted by Gasteiger charge is 2.06. The van der Waals surface area contributed by atoms with E-state index in [9.17, 15) is 4.79 Å². The number of rotatable bonds is 1. The van der Waals surface area contributed by atoms with E-state index in [4.69, 9.17) is 4.89 Å². The van der Waals surface area contributed by atoms with Gasteiger partial charge < -0.3 is 0 Å². The van der Waals surface area contributed by atoms with Gasteiger partial charge in [0, 0.05) is 11.1 Å². The van der Waals surface area contributed by atoms with E-state index in [1.807, 2.05) is 0 Å². The lowest BCUT2D eigenvalue weighted by Gasteiger charge is -2.09. The van der Waals surface area contributed by atoms with Crippen LogP contribution in [0.2, 0.25) is 0 Å². The van der Waals surface area contributed by atoms with E-state index < -0.39 is 0 Å². The second-order valence-electron chi connectivity index (χ2n) is 2.40. The average Bonchev–Trinajstić information content (AvgIpc) is 2.17. The maximum atomic E-state index is 10.4. The Hall–Kier alpha value is -1.77. The smallest absolute Gasteiger partial charge is 0.185 e. The highest BCUT2D eigenvalue weighted by Crippen LogP contribution is 2.24. The summed E-state index contributed by atoms with van der Waals surface area (Å²) in [5.41, 5.74) is 1.48. The predicted molar refractivity (Wildman–Crippen MR) is 42.6 cm³/mol. The van der Waals surface area contributed by atoms with Crippen molar-refractivity contribution in [1.29, 1.82) is 0 Å². The van der Waals surface area contributed by atoms with Crippen LogP contribution in [0.4, 0.5) is 0 Å². The Morgan fingerprint density at radius 1 is 1.33 bits per heavy atom. The summed E-state index contributed by atoms with van der Waals surface area (Å²) in [4.78, 5) is 19.8. The minimum atomic E-state index is 0.628. The van der Waals surface area contributed by atoms with Gasteiger partial charge in [-0.1, -0.05) is 0 Å². The van der Waals surface area contributed by atoms with E-state index in [0.717, 1.165) is 11.8 Å². The second-order valence-corrected chi connectivity index (χ2v) is 2.40. The number of fused-ring (bicyclic) bond motifs is 1. The van der Waals surface area contributed by atoms with Gasteiger partial charge in [0.15, 0.2) is 5.75 Å². The van der Waals surface area contributed by atoms with Crippen LogP contribution < -0.4 is 4.89 Å².